The standard InChI is InChI=1S/C18H17ClN2O2/c1-12-17(10-11-22-16-8-6-15(20)7-9-16)21-18(23-12)13-2-4-14(19)5-3-13/h2-9H,10-11,20H2,1H3. The van der Waals surface area contributed by atoms with Crippen molar-refractivity contribution in [3.63, 3.8) is 0 Å². The minimum absolute atomic E-state index is 0.525. The maximum atomic E-state index is 5.90. The van der Waals surface area contributed by atoms with Crippen LogP contribution in [0.2, 0.25) is 5.02 Å². The highest BCUT2D eigenvalue weighted by atomic mass is 35.5. The van der Waals surface area contributed by atoms with Crippen LogP contribution in [-0.2, 0) is 6.42 Å². The number of halogens is 1. The number of hydrogen-bond donors (Lipinski definition) is 1. The zero-order valence-corrected chi connectivity index (χ0v) is 13.5. The van der Waals surface area contributed by atoms with E-state index >= 15 is 0 Å². The SMILES string of the molecule is Cc1oc(-c2ccc(Cl)cc2)nc1CCOc1ccc(N)cc1. The van der Waals surface area contributed by atoms with Crippen molar-refractivity contribution in [1.29, 1.82) is 0 Å². The lowest BCUT2D eigenvalue weighted by atomic mass is 10.2. The van der Waals surface area contributed by atoms with Gasteiger partial charge in [0.15, 0.2) is 0 Å². The first kappa shape index (κ1) is 15.4. The van der Waals surface area contributed by atoms with Gasteiger partial charge in [-0.2, -0.15) is 0 Å². The first-order valence-electron chi connectivity index (χ1n) is 7.32. The summed E-state index contributed by atoms with van der Waals surface area (Å²) in [5.74, 6) is 2.19. The van der Waals surface area contributed by atoms with Gasteiger partial charge < -0.3 is 14.9 Å². The van der Waals surface area contributed by atoms with Crippen molar-refractivity contribution in [2.45, 2.75) is 13.3 Å². The summed E-state index contributed by atoms with van der Waals surface area (Å²) in [6.45, 7) is 2.43. The van der Waals surface area contributed by atoms with E-state index in [1.54, 1.807) is 0 Å². The van der Waals surface area contributed by atoms with Crippen LogP contribution in [0.3, 0.4) is 0 Å². The van der Waals surface area contributed by atoms with Crippen molar-refractivity contribution in [2.24, 2.45) is 0 Å². The van der Waals surface area contributed by atoms with Gasteiger partial charge in [-0.3, -0.25) is 0 Å². The van der Waals surface area contributed by atoms with Crippen LogP contribution in [0.4, 0.5) is 5.69 Å². The van der Waals surface area contributed by atoms with Crippen molar-refractivity contribution < 1.29 is 9.15 Å². The maximum Gasteiger partial charge on any atom is 0.226 e. The summed E-state index contributed by atoms with van der Waals surface area (Å²) in [6, 6.07) is 14.8. The predicted octanol–water partition coefficient (Wildman–Crippen LogP) is 4.51. The van der Waals surface area contributed by atoms with Crippen LogP contribution in [0.5, 0.6) is 5.75 Å². The molecule has 0 bridgehead atoms. The average molecular weight is 329 g/mol. The van der Waals surface area contributed by atoms with E-state index < -0.39 is 0 Å². The molecule has 118 valence electrons. The fraction of sp³-hybridized carbons (Fsp3) is 0.167. The average Bonchev–Trinajstić information content (AvgIpc) is 2.91. The molecular formula is C18H17ClN2O2. The molecular weight excluding hydrogens is 312 g/mol. The third kappa shape index (κ3) is 3.85. The van der Waals surface area contributed by atoms with Crippen LogP contribution in [0, 0.1) is 6.92 Å². The van der Waals surface area contributed by atoms with Gasteiger partial charge in [-0.1, -0.05) is 11.6 Å². The molecule has 0 atom stereocenters. The van der Waals surface area contributed by atoms with E-state index in [2.05, 4.69) is 4.98 Å². The van der Waals surface area contributed by atoms with Crippen LogP contribution >= 0.6 is 11.6 Å². The lowest BCUT2D eigenvalue weighted by Crippen LogP contribution is -2.02. The van der Waals surface area contributed by atoms with Gasteiger partial charge in [0.1, 0.15) is 11.5 Å². The monoisotopic (exact) mass is 328 g/mol. The Bertz CT molecular complexity index is 780. The molecule has 0 saturated heterocycles. The Kier molecular flexibility index (Phi) is 4.53. The first-order chi connectivity index (χ1) is 11.1. The number of nitrogen functional groups attached to an aromatic ring is 1. The second kappa shape index (κ2) is 6.75. The minimum atomic E-state index is 0.525. The van der Waals surface area contributed by atoms with Crippen LogP contribution in [0.1, 0.15) is 11.5 Å². The topological polar surface area (TPSA) is 61.3 Å². The molecule has 4 nitrogen and oxygen atoms in total. The molecule has 3 rings (SSSR count). The number of aryl methyl sites for hydroxylation is 1. The summed E-state index contributed by atoms with van der Waals surface area (Å²) >= 11 is 5.90. The van der Waals surface area contributed by atoms with Crippen molar-refractivity contribution in [2.75, 3.05) is 12.3 Å². The number of aromatic nitrogens is 1. The van der Waals surface area contributed by atoms with E-state index in [-0.39, 0.29) is 0 Å². The number of nitrogens with two attached hydrogens (primary N) is 1. The third-order valence-electron chi connectivity index (χ3n) is 3.47. The fourth-order valence-electron chi connectivity index (χ4n) is 2.21. The van der Waals surface area contributed by atoms with Crippen molar-refractivity contribution >= 4 is 17.3 Å². The normalized spacial score (nSPS) is 10.7. The van der Waals surface area contributed by atoms with Crippen LogP contribution in [0.25, 0.3) is 11.5 Å². The van der Waals surface area contributed by atoms with E-state index in [4.69, 9.17) is 26.5 Å². The fourth-order valence-corrected chi connectivity index (χ4v) is 2.33. The second-order valence-corrected chi connectivity index (χ2v) is 5.63. The van der Waals surface area contributed by atoms with E-state index in [0.717, 1.165) is 28.5 Å². The molecule has 0 aliphatic rings. The highest BCUT2D eigenvalue weighted by Gasteiger charge is 2.11. The Hall–Kier alpha value is -2.46. The summed E-state index contributed by atoms with van der Waals surface area (Å²) in [4.78, 5) is 4.55. The largest absolute Gasteiger partial charge is 0.493 e. The van der Waals surface area contributed by atoms with Crippen molar-refractivity contribution in [3.05, 3.63) is 65.0 Å². The van der Waals surface area contributed by atoms with Gasteiger partial charge in [0.2, 0.25) is 5.89 Å². The number of rotatable bonds is 5. The molecule has 0 radical (unpaired) electrons. The number of ether oxygens (including phenoxy) is 1. The van der Waals surface area contributed by atoms with Crippen molar-refractivity contribution in [1.82, 2.24) is 4.98 Å². The summed E-state index contributed by atoms with van der Waals surface area (Å²) in [5, 5.41) is 0.689. The highest BCUT2D eigenvalue weighted by Crippen LogP contribution is 2.23. The third-order valence-corrected chi connectivity index (χ3v) is 3.72. The molecule has 3 aromatic rings. The first-order valence-corrected chi connectivity index (χ1v) is 7.70. The van der Waals surface area contributed by atoms with Gasteiger partial charge in [0.05, 0.1) is 12.3 Å². The van der Waals surface area contributed by atoms with Gasteiger partial charge in [0.25, 0.3) is 0 Å². The summed E-state index contributed by atoms with van der Waals surface area (Å²) in [6.07, 6.45) is 0.674. The Balaban J connectivity index is 1.64. The minimum Gasteiger partial charge on any atom is -0.493 e. The number of benzene rings is 2. The lowest BCUT2D eigenvalue weighted by Gasteiger charge is -2.05. The Morgan fingerprint density at radius 2 is 1.78 bits per heavy atom. The molecule has 1 aromatic heterocycles. The summed E-state index contributed by atoms with van der Waals surface area (Å²) < 4.78 is 11.4. The number of nitrogens with zero attached hydrogens (tertiary/aromatic N) is 1. The van der Waals surface area contributed by atoms with Gasteiger partial charge in [-0.05, 0) is 55.5 Å². The van der Waals surface area contributed by atoms with Crippen LogP contribution in [-0.4, -0.2) is 11.6 Å². The van der Waals surface area contributed by atoms with Crippen molar-refractivity contribution in [3.8, 4) is 17.2 Å². The molecule has 0 fully saturated rings. The van der Waals surface area contributed by atoms with Crippen LogP contribution < -0.4 is 10.5 Å². The van der Waals surface area contributed by atoms with Gasteiger partial charge >= 0.3 is 0 Å². The molecule has 2 aromatic carbocycles. The quantitative estimate of drug-likeness (QED) is 0.700. The zero-order valence-electron chi connectivity index (χ0n) is 12.8. The van der Waals surface area contributed by atoms with Crippen LogP contribution in [0.15, 0.2) is 52.9 Å². The molecule has 0 amide bonds. The molecule has 23 heavy (non-hydrogen) atoms. The lowest BCUT2D eigenvalue weighted by molar-refractivity contribution is 0.320. The smallest absolute Gasteiger partial charge is 0.226 e. The predicted molar refractivity (Wildman–Crippen MR) is 91.7 cm³/mol. The van der Waals surface area contributed by atoms with Gasteiger partial charge in [0, 0.05) is 22.7 Å². The second-order valence-electron chi connectivity index (χ2n) is 5.20. The number of hydrogen-bond acceptors (Lipinski definition) is 4. The van der Waals surface area contributed by atoms with Gasteiger partial charge in [-0.15, -0.1) is 0 Å². The number of anilines is 1. The highest BCUT2D eigenvalue weighted by molar-refractivity contribution is 6.30. The van der Waals surface area contributed by atoms with E-state index in [0.29, 0.717) is 23.9 Å². The Labute approximate surface area is 139 Å². The molecule has 1 heterocycles. The summed E-state index contributed by atoms with van der Waals surface area (Å²) in [5.41, 5.74) is 8.17. The molecule has 0 aliphatic carbocycles. The molecule has 5 heteroatoms. The van der Waals surface area contributed by atoms with E-state index in [1.165, 1.54) is 0 Å². The summed E-state index contributed by atoms with van der Waals surface area (Å²) in [7, 11) is 0. The van der Waals surface area contributed by atoms with Gasteiger partial charge in [-0.25, -0.2) is 4.98 Å². The number of oxazole rings is 1. The van der Waals surface area contributed by atoms with E-state index in [9.17, 15) is 0 Å². The molecule has 0 unspecified atom stereocenters. The zero-order chi connectivity index (χ0) is 16.2. The maximum absolute atomic E-state index is 5.90. The Morgan fingerprint density at radius 1 is 1.09 bits per heavy atom. The molecule has 2 N–H and O–H groups in total. The molecule has 0 aliphatic heterocycles. The molecule has 0 saturated carbocycles. The Morgan fingerprint density at radius 3 is 2.48 bits per heavy atom. The molecule has 0 spiro atoms. The van der Waals surface area contributed by atoms with E-state index in [1.807, 2.05) is 55.5 Å².